The van der Waals surface area contributed by atoms with E-state index in [1.54, 1.807) is 0 Å². The van der Waals surface area contributed by atoms with Crippen molar-refractivity contribution in [2.75, 3.05) is 0 Å². The maximum Gasteiger partial charge on any atom is 0.145 e. The number of benzene rings is 6. The van der Waals surface area contributed by atoms with Crippen LogP contribution in [0.1, 0.15) is 0 Å². The van der Waals surface area contributed by atoms with E-state index in [1.165, 1.54) is 49.4 Å². The predicted molar refractivity (Wildman–Crippen MR) is 184 cm³/mol. The molecule has 0 N–H and O–H groups in total. The van der Waals surface area contributed by atoms with Gasteiger partial charge in [0, 0.05) is 44.7 Å². The third-order valence-electron chi connectivity index (χ3n) is 8.78. The first-order chi connectivity index (χ1) is 21.8. The van der Waals surface area contributed by atoms with Crippen molar-refractivity contribution >= 4 is 43.7 Å². The second-order valence-electron chi connectivity index (χ2n) is 11.2. The highest BCUT2D eigenvalue weighted by molar-refractivity contribution is 6.15. The smallest absolute Gasteiger partial charge is 0.145 e. The number of nitrogens with zero attached hydrogens (tertiary/aromatic N) is 3. The highest BCUT2D eigenvalue weighted by atomic mass is 15.0. The molecule has 3 heterocycles. The zero-order valence-electron chi connectivity index (χ0n) is 23.9. The molecule has 0 amide bonds. The fourth-order valence-electron chi connectivity index (χ4n) is 6.80. The monoisotopic (exact) mass is 561 g/mol. The van der Waals surface area contributed by atoms with E-state index in [4.69, 9.17) is 4.98 Å². The van der Waals surface area contributed by atoms with Crippen LogP contribution in [0, 0.1) is 0 Å². The summed E-state index contributed by atoms with van der Waals surface area (Å²) in [5.41, 5.74) is 11.6. The molecule has 0 saturated carbocycles. The summed E-state index contributed by atoms with van der Waals surface area (Å²) in [7, 11) is 0. The zero-order valence-corrected chi connectivity index (χ0v) is 23.9. The van der Waals surface area contributed by atoms with Crippen molar-refractivity contribution in [3.8, 4) is 33.6 Å². The van der Waals surface area contributed by atoms with Gasteiger partial charge in [-0.3, -0.25) is 4.57 Å². The van der Waals surface area contributed by atoms with Gasteiger partial charge >= 0.3 is 0 Å². The van der Waals surface area contributed by atoms with E-state index in [1.807, 2.05) is 12.3 Å². The van der Waals surface area contributed by atoms with Crippen molar-refractivity contribution in [3.63, 3.8) is 0 Å². The van der Waals surface area contributed by atoms with E-state index in [9.17, 15) is 0 Å². The molecule has 3 nitrogen and oxygen atoms in total. The van der Waals surface area contributed by atoms with Gasteiger partial charge < -0.3 is 4.57 Å². The second-order valence-corrected chi connectivity index (χ2v) is 11.2. The molecule has 0 atom stereocenters. The van der Waals surface area contributed by atoms with Crippen LogP contribution in [0.5, 0.6) is 0 Å². The van der Waals surface area contributed by atoms with Crippen molar-refractivity contribution < 1.29 is 0 Å². The maximum atomic E-state index is 4.87. The molecule has 44 heavy (non-hydrogen) atoms. The average molecular weight is 562 g/mol. The van der Waals surface area contributed by atoms with Crippen LogP contribution in [-0.2, 0) is 0 Å². The fraction of sp³-hybridized carbons (Fsp3) is 0. The van der Waals surface area contributed by atoms with Crippen LogP contribution < -0.4 is 0 Å². The Morgan fingerprint density at radius 1 is 0.386 bits per heavy atom. The van der Waals surface area contributed by atoms with Gasteiger partial charge in [-0.15, -0.1) is 0 Å². The lowest BCUT2D eigenvalue weighted by Gasteiger charge is -2.13. The molecular formula is C41H27N3. The number of para-hydroxylation sites is 3. The van der Waals surface area contributed by atoms with Gasteiger partial charge in [-0.1, -0.05) is 109 Å². The largest absolute Gasteiger partial charge is 0.309 e. The van der Waals surface area contributed by atoms with E-state index in [0.717, 1.165) is 27.9 Å². The summed E-state index contributed by atoms with van der Waals surface area (Å²) in [6.07, 6.45) is 1.88. The molecule has 3 heteroatoms. The van der Waals surface area contributed by atoms with Gasteiger partial charge in [0.2, 0.25) is 0 Å². The number of hydrogen-bond acceptors (Lipinski definition) is 1. The Balaban J connectivity index is 1.30. The summed E-state index contributed by atoms with van der Waals surface area (Å²) in [5, 5.41) is 4.85. The van der Waals surface area contributed by atoms with Crippen LogP contribution in [-0.4, -0.2) is 14.1 Å². The molecule has 0 fully saturated rings. The molecule has 6 aromatic carbocycles. The van der Waals surface area contributed by atoms with Crippen LogP contribution in [0.25, 0.3) is 77.4 Å². The topological polar surface area (TPSA) is 22.8 Å². The molecule has 0 unspecified atom stereocenters. The average Bonchev–Trinajstić information content (AvgIpc) is 3.62. The Labute approximate surface area is 254 Å². The molecule has 0 aliphatic rings. The number of fused-ring (bicyclic) bond motifs is 6. The lowest BCUT2D eigenvalue weighted by molar-refractivity contribution is 1.14. The minimum atomic E-state index is 0.962. The molecule has 3 aromatic heterocycles. The van der Waals surface area contributed by atoms with Gasteiger partial charge in [-0.2, -0.15) is 0 Å². The number of hydrogen-bond donors (Lipinski definition) is 0. The summed E-state index contributed by atoms with van der Waals surface area (Å²) in [6, 6.07) is 56.5. The Hall–Kier alpha value is -5.93. The summed E-state index contributed by atoms with van der Waals surface area (Å²) in [4.78, 5) is 4.87. The third kappa shape index (κ3) is 3.73. The third-order valence-corrected chi connectivity index (χ3v) is 8.78. The van der Waals surface area contributed by atoms with E-state index in [2.05, 4.69) is 161 Å². The van der Waals surface area contributed by atoms with Crippen LogP contribution in [0.4, 0.5) is 0 Å². The molecular weight excluding hydrogens is 534 g/mol. The highest BCUT2D eigenvalue weighted by Gasteiger charge is 2.18. The Kier molecular flexibility index (Phi) is 5.50. The van der Waals surface area contributed by atoms with Crippen LogP contribution >= 0.6 is 0 Å². The molecule has 0 spiro atoms. The molecule has 0 aliphatic carbocycles. The lowest BCUT2D eigenvalue weighted by atomic mass is 10.0. The van der Waals surface area contributed by atoms with Crippen LogP contribution in [0.2, 0.25) is 0 Å². The zero-order chi connectivity index (χ0) is 29.0. The van der Waals surface area contributed by atoms with Crippen LogP contribution in [0.15, 0.2) is 164 Å². The van der Waals surface area contributed by atoms with Gasteiger partial charge in [-0.25, -0.2) is 4.98 Å². The molecule has 0 radical (unpaired) electrons. The minimum Gasteiger partial charge on any atom is -0.309 e. The van der Waals surface area contributed by atoms with Crippen LogP contribution in [0.3, 0.4) is 0 Å². The van der Waals surface area contributed by atoms with Crippen molar-refractivity contribution in [2.45, 2.75) is 0 Å². The van der Waals surface area contributed by atoms with E-state index in [-0.39, 0.29) is 0 Å². The number of pyridine rings is 1. The Bertz CT molecular complexity index is 2470. The number of aromatic nitrogens is 3. The van der Waals surface area contributed by atoms with Gasteiger partial charge in [0.1, 0.15) is 5.65 Å². The number of rotatable bonds is 4. The molecule has 9 rings (SSSR count). The van der Waals surface area contributed by atoms with Crippen molar-refractivity contribution in [1.29, 1.82) is 0 Å². The van der Waals surface area contributed by atoms with E-state index >= 15 is 0 Å². The van der Waals surface area contributed by atoms with Gasteiger partial charge in [0.25, 0.3) is 0 Å². The fourth-order valence-corrected chi connectivity index (χ4v) is 6.80. The quantitative estimate of drug-likeness (QED) is 0.210. The highest BCUT2D eigenvalue weighted by Crippen LogP contribution is 2.40. The summed E-state index contributed by atoms with van der Waals surface area (Å²) in [6.45, 7) is 0. The normalized spacial score (nSPS) is 11.6. The summed E-state index contributed by atoms with van der Waals surface area (Å²) in [5.74, 6) is 0. The summed E-state index contributed by atoms with van der Waals surface area (Å²) < 4.78 is 4.71. The van der Waals surface area contributed by atoms with E-state index in [0.29, 0.717) is 0 Å². The molecule has 0 bridgehead atoms. The Morgan fingerprint density at radius 3 is 1.86 bits per heavy atom. The molecule has 206 valence electrons. The molecule has 0 aliphatic heterocycles. The summed E-state index contributed by atoms with van der Waals surface area (Å²) >= 11 is 0. The lowest BCUT2D eigenvalue weighted by Crippen LogP contribution is -1.96. The maximum absolute atomic E-state index is 4.87. The van der Waals surface area contributed by atoms with E-state index < -0.39 is 0 Å². The van der Waals surface area contributed by atoms with Gasteiger partial charge in [0.15, 0.2) is 0 Å². The standard InChI is InChI=1S/C41H27N3/c1-3-11-28(12-4-1)29-20-23-32(24-21-29)44-39-27-30(22-25-35(39)37-18-10-26-42-41(37)44)33-16-9-17-36-34-15-7-8-19-38(34)43(40(33)36)31-13-5-2-6-14-31/h1-27H. The first kappa shape index (κ1) is 24.6. The predicted octanol–water partition coefficient (Wildman–Crippen LogP) is 10.6. The molecule has 0 saturated heterocycles. The van der Waals surface area contributed by atoms with Crippen molar-refractivity contribution in [1.82, 2.24) is 14.1 Å². The Morgan fingerprint density at radius 2 is 1.02 bits per heavy atom. The van der Waals surface area contributed by atoms with Crippen molar-refractivity contribution in [3.05, 3.63) is 164 Å². The van der Waals surface area contributed by atoms with Crippen molar-refractivity contribution in [2.24, 2.45) is 0 Å². The van der Waals surface area contributed by atoms with Gasteiger partial charge in [-0.05, 0) is 65.2 Å². The SMILES string of the molecule is c1ccc(-c2ccc(-n3c4cc(-c5cccc6c7ccccc7n(-c7ccccc7)c56)ccc4c4cccnc43)cc2)cc1. The minimum absolute atomic E-state index is 0.962. The van der Waals surface area contributed by atoms with Gasteiger partial charge in [0.05, 0.1) is 16.6 Å². The molecule has 9 aromatic rings. The second kappa shape index (κ2) is 9.82. The first-order valence-corrected chi connectivity index (χ1v) is 15.0. The first-order valence-electron chi connectivity index (χ1n) is 15.0.